The van der Waals surface area contributed by atoms with E-state index in [1.807, 2.05) is 4.72 Å². The van der Waals surface area contributed by atoms with Gasteiger partial charge in [0.1, 0.15) is 6.10 Å². The number of halogens is 3. The molecule has 3 atom stereocenters. The third-order valence-electron chi connectivity index (χ3n) is 6.57. The van der Waals surface area contributed by atoms with Crippen LogP contribution in [0, 0.1) is 0 Å². The number of anilines is 1. The summed E-state index contributed by atoms with van der Waals surface area (Å²) in [4.78, 5) is 26.6. The molecule has 0 radical (unpaired) electrons. The van der Waals surface area contributed by atoms with E-state index < -0.39 is 27.7 Å². The number of benzene rings is 2. The van der Waals surface area contributed by atoms with Crippen LogP contribution < -0.4 is 19.5 Å². The number of methoxy groups -OCH3 is 1. The summed E-state index contributed by atoms with van der Waals surface area (Å²) in [6, 6.07) is 8.73. The third kappa shape index (κ3) is 6.69. The Morgan fingerprint density at radius 1 is 1.03 bits per heavy atom. The van der Waals surface area contributed by atoms with Crippen molar-refractivity contribution in [2.75, 3.05) is 18.7 Å². The van der Waals surface area contributed by atoms with Gasteiger partial charge in [-0.2, -0.15) is 13.2 Å². The molecule has 0 spiro atoms. The molecule has 2 fully saturated rings. The van der Waals surface area contributed by atoms with Crippen LogP contribution in [-0.4, -0.2) is 56.8 Å². The van der Waals surface area contributed by atoms with Crippen LogP contribution in [0.2, 0.25) is 0 Å². The molecular weight excluding hydrogens is 527 g/mol. The Morgan fingerprint density at radius 3 is 2.21 bits per heavy atom. The van der Waals surface area contributed by atoms with Crippen molar-refractivity contribution in [1.29, 1.82) is 0 Å². The number of nitrogens with one attached hydrogen (secondary N) is 2. The summed E-state index contributed by atoms with van der Waals surface area (Å²) in [5.74, 6) is 0.193. The van der Waals surface area contributed by atoms with Crippen LogP contribution in [-0.2, 0) is 27.4 Å². The van der Waals surface area contributed by atoms with Gasteiger partial charge in [-0.25, -0.2) is 13.2 Å². The minimum Gasteiger partial charge on any atom is -0.493 e. The van der Waals surface area contributed by atoms with Gasteiger partial charge < -0.3 is 19.7 Å². The number of hydrogen-bond acceptors (Lipinski definition) is 6. The van der Waals surface area contributed by atoms with E-state index in [0.717, 1.165) is 31.2 Å². The van der Waals surface area contributed by atoms with E-state index in [1.165, 1.54) is 19.2 Å². The molecule has 2 saturated heterocycles. The number of urea groups is 1. The first kappa shape index (κ1) is 27.6. The quantitative estimate of drug-likeness (QED) is 0.535. The zero-order chi connectivity index (χ0) is 27.7. The smallest absolute Gasteiger partial charge is 0.416 e. The molecule has 3 amide bonds. The van der Waals surface area contributed by atoms with Gasteiger partial charge in [-0.15, -0.1) is 0 Å². The average molecular weight is 556 g/mol. The summed E-state index contributed by atoms with van der Waals surface area (Å²) in [6.07, 6.45) is -1.18. The maximum absolute atomic E-state index is 12.9. The Balaban J connectivity index is 1.37. The van der Waals surface area contributed by atoms with Crippen LogP contribution in [0.5, 0.6) is 11.5 Å². The van der Waals surface area contributed by atoms with Gasteiger partial charge in [0.2, 0.25) is 15.9 Å². The van der Waals surface area contributed by atoms with E-state index in [-0.39, 0.29) is 36.3 Å². The van der Waals surface area contributed by atoms with Gasteiger partial charge in [0.05, 0.1) is 25.3 Å². The van der Waals surface area contributed by atoms with Crippen molar-refractivity contribution in [2.45, 2.75) is 56.5 Å². The van der Waals surface area contributed by atoms with Crippen LogP contribution in [0.15, 0.2) is 42.5 Å². The second-order valence-corrected chi connectivity index (χ2v) is 11.2. The number of rotatable bonds is 7. The topological polar surface area (TPSA) is 114 Å². The lowest BCUT2D eigenvalue weighted by atomic mass is 10.00. The summed E-state index contributed by atoms with van der Waals surface area (Å²) in [6.45, 7) is 0. The van der Waals surface area contributed by atoms with E-state index >= 15 is 0 Å². The highest BCUT2D eigenvalue weighted by molar-refractivity contribution is 7.89. The number of nitrogens with zero attached hydrogens (tertiary/aromatic N) is 1. The fourth-order valence-electron chi connectivity index (χ4n) is 5.01. The van der Waals surface area contributed by atoms with E-state index in [9.17, 15) is 31.2 Å². The molecule has 206 valence electrons. The lowest BCUT2D eigenvalue weighted by molar-refractivity contribution is -0.137. The number of fused-ring (bicyclic) bond motifs is 2. The number of ether oxygens (including phenoxy) is 2. The number of carbonyl (C=O) groups is 2. The largest absolute Gasteiger partial charge is 0.493 e. The Kier molecular flexibility index (Phi) is 7.77. The maximum atomic E-state index is 12.9. The normalized spacial score (nSPS) is 21.1. The second kappa shape index (κ2) is 10.7. The van der Waals surface area contributed by atoms with E-state index in [0.29, 0.717) is 29.9 Å². The maximum Gasteiger partial charge on any atom is 0.416 e. The van der Waals surface area contributed by atoms with Gasteiger partial charge >= 0.3 is 12.2 Å². The number of amides is 3. The Labute approximate surface area is 218 Å². The van der Waals surface area contributed by atoms with E-state index in [4.69, 9.17) is 9.47 Å². The standard InChI is InChI=1S/C25H28F3N3O6S/c1-36-22-11-15(12-23(32)30-38(2,34)35)3-10-21(22)37-20-13-18-8-9-19(14-20)31(18)24(33)29-17-6-4-16(5-7-17)25(26,27)28/h3-7,10-11,18-20H,8-9,12-14H2,1-2H3,(H,29,33)(H,30,32)/t18-,19+,20?. The van der Waals surface area contributed by atoms with Crippen molar-refractivity contribution in [2.24, 2.45) is 0 Å². The first-order chi connectivity index (χ1) is 17.8. The molecule has 1 unspecified atom stereocenters. The molecule has 2 bridgehead atoms. The SMILES string of the molecule is COc1cc(CC(=O)NS(C)(=O)=O)ccc1OC1C[C@H]2CC[C@@H](C1)N2C(=O)Nc1ccc(C(F)(F)F)cc1. The van der Waals surface area contributed by atoms with Crippen molar-refractivity contribution < 1.29 is 40.7 Å². The van der Waals surface area contributed by atoms with Crippen molar-refractivity contribution in [3.8, 4) is 11.5 Å². The molecule has 38 heavy (non-hydrogen) atoms. The van der Waals surface area contributed by atoms with Gasteiger partial charge in [-0.05, 0) is 54.8 Å². The summed E-state index contributed by atoms with van der Waals surface area (Å²) in [5.41, 5.74) is 0.0511. The van der Waals surface area contributed by atoms with E-state index in [2.05, 4.69) is 5.32 Å². The minimum absolute atomic E-state index is 0.0850. The van der Waals surface area contributed by atoms with Crippen molar-refractivity contribution in [3.05, 3.63) is 53.6 Å². The highest BCUT2D eigenvalue weighted by Crippen LogP contribution is 2.39. The average Bonchev–Trinajstić information content (AvgIpc) is 3.09. The number of piperidine rings is 1. The Bertz CT molecular complexity index is 1290. The van der Waals surface area contributed by atoms with Crippen molar-refractivity contribution >= 4 is 27.6 Å². The summed E-state index contributed by atoms with van der Waals surface area (Å²) < 4.78 is 74.4. The molecule has 2 aliphatic rings. The van der Waals surface area contributed by atoms with Gasteiger partial charge in [0, 0.05) is 30.6 Å². The molecule has 2 aromatic rings. The molecule has 2 N–H and O–H groups in total. The fourth-order valence-corrected chi connectivity index (χ4v) is 5.50. The molecule has 2 aromatic carbocycles. The first-order valence-corrected chi connectivity index (χ1v) is 13.8. The van der Waals surface area contributed by atoms with Crippen molar-refractivity contribution in [3.63, 3.8) is 0 Å². The summed E-state index contributed by atoms with van der Waals surface area (Å²) >= 11 is 0. The zero-order valence-corrected chi connectivity index (χ0v) is 21.6. The summed E-state index contributed by atoms with van der Waals surface area (Å²) in [5, 5.41) is 2.70. The van der Waals surface area contributed by atoms with Gasteiger partial charge in [-0.1, -0.05) is 6.07 Å². The number of sulfonamides is 1. The third-order valence-corrected chi connectivity index (χ3v) is 7.17. The van der Waals surface area contributed by atoms with Gasteiger partial charge in [0.25, 0.3) is 0 Å². The molecule has 9 nitrogen and oxygen atoms in total. The van der Waals surface area contributed by atoms with E-state index in [1.54, 1.807) is 23.1 Å². The fraction of sp³-hybridized carbons (Fsp3) is 0.440. The molecular formula is C25H28F3N3O6S. The zero-order valence-electron chi connectivity index (χ0n) is 20.7. The number of alkyl halides is 3. The molecule has 13 heteroatoms. The molecule has 4 rings (SSSR count). The van der Waals surface area contributed by atoms with Crippen LogP contribution in [0.3, 0.4) is 0 Å². The van der Waals surface area contributed by atoms with Crippen LogP contribution in [0.4, 0.5) is 23.7 Å². The van der Waals surface area contributed by atoms with Crippen LogP contribution >= 0.6 is 0 Å². The monoisotopic (exact) mass is 555 g/mol. The highest BCUT2D eigenvalue weighted by atomic mass is 32.2. The van der Waals surface area contributed by atoms with Crippen molar-refractivity contribution in [1.82, 2.24) is 9.62 Å². The molecule has 0 aliphatic carbocycles. The predicted molar refractivity (Wildman–Crippen MR) is 132 cm³/mol. The second-order valence-electron chi connectivity index (χ2n) is 9.47. The lowest BCUT2D eigenvalue weighted by Gasteiger charge is -2.39. The molecule has 2 heterocycles. The van der Waals surface area contributed by atoms with Gasteiger partial charge in [-0.3, -0.25) is 9.52 Å². The predicted octanol–water partition coefficient (Wildman–Crippen LogP) is 3.94. The molecule has 0 aromatic heterocycles. The first-order valence-electron chi connectivity index (χ1n) is 11.9. The lowest BCUT2D eigenvalue weighted by Crippen LogP contribution is -2.50. The number of hydrogen-bond donors (Lipinski definition) is 2. The van der Waals surface area contributed by atoms with Gasteiger partial charge in [0.15, 0.2) is 11.5 Å². The summed E-state index contributed by atoms with van der Waals surface area (Å²) in [7, 11) is -2.20. The molecule has 0 saturated carbocycles. The Morgan fingerprint density at radius 2 is 1.66 bits per heavy atom. The highest BCUT2D eigenvalue weighted by Gasteiger charge is 2.44. The van der Waals surface area contributed by atoms with Crippen LogP contribution in [0.1, 0.15) is 36.8 Å². The van der Waals surface area contributed by atoms with Crippen LogP contribution in [0.25, 0.3) is 0 Å². The Hall–Kier alpha value is -3.48. The minimum atomic E-state index is -4.45. The number of carbonyl (C=O) groups excluding carboxylic acids is 2. The molecule has 2 aliphatic heterocycles.